The van der Waals surface area contributed by atoms with Crippen molar-refractivity contribution in [3.8, 4) is 0 Å². The minimum absolute atomic E-state index is 0.0360. The summed E-state index contributed by atoms with van der Waals surface area (Å²) >= 11 is 0. The molecule has 19 heavy (non-hydrogen) atoms. The number of primary amides is 1. The van der Waals surface area contributed by atoms with Crippen LogP contribution >= 0.6 is 0 Å². The molecule has 0 atom stereocenters. The Hall–Kier alpha value is -1.88. The molecule has 0 radical (unpaired) electrons. The second-order valence-corrected chi connectivity index (χ2v) is 4.95. The predicted molar refractivity (Wildman–Crippen MR) is 72.6 cm³/mol. The summed E-state index contributed by atoms with van der Waals surface area (Å²) in [6.45, 7) is 2.84. The summed E-state index contributed by atoms with van der Waals surface area (Å²) in [4.78, 5) is 22.5. The van der Waals surface area contributed by atoms with Gasteiger partial charge < -0.3 is 16.4 Å². The third kappa shape index (κ3) is 4.06. The van der Waals surface area contributed by atoms with Gasteiger partial charge in [0.15, 0.2) is 0 Å². The van der Waals surface area contributed by atoms with E-state index in [1.54, 1.807) is 12.1 Å². The minimum Gasteiger partial charge on any atom is -0.366 e. The van der Waals surface area contributed by atoms with E-state index in [9.17, 15) is 9.59 Å². The minimum atomic E-state index is -0.425. The Morgan fingerprint density at radius 3 is 2.68 bits per heavy atom. The molecule has 1 aromatic carbocycles. The summed E-state index contributed by atoms with van der Waals surface area (Å²) in [5.74, 6) is -0.389. The van der Waals surface area contributed by atoms with Crippen LogP contribution in [0.25, 0.3) is 0 Å². The number of nitrogens with one attached hydrogen (secondary N) is 2. The van der Waals surface area contributed by atoms with Crippen molar-refractivity contribution in [2.75, 3.05) is 6.54 Å². The van der Waals surface area contributed by atoms with E-state index in [0.29, 0.717) is 24.7 Å². The fraction of sp³-hybridized carbons (Fsp3) is 0.429. The smallest absolute Gasteiger partial charge is 0.248 e. The van der Waals surface area contributed by atoms with Gasteiger partial charge in [0.2, 0.25) is 11.8 Å². The molecule has 0 unspecified atom stereocenters. The number of aryl methyl sites for hydroxylation is 1. The lowest BCUT2D eigenvalue weighted by atomic mass is 10.0. The van der Waals surface area contributed by atoms with E-state index in [2.05, 4.69) is 10.6 Å². The van der Waals surface area contributed by atoms with Crippen molar-refractivity contribution in [2.24, 2.45) is 5.73 Å². The number of benzene rings is 1. The molecule has 5 heteroatoms. The van der Waals surface area contributed by atoms with E-state index >= 15 is 0 Å². The van der Waals surface area contributed by atoms with Gasteiger partial charge >= 0.3 is 0 Å². The molecule has 2 amide bonds. The normalized spacial score (nSPS) is 14.2. The lowest BCUT2D eigenvalue weighted by molar-refractivity contribution is -0.120. The van der Waals surface area contributed by atoms with E-state index in [1.165, 1.54) is 0 Å². The molecular weight excluding hydrogens is 242 g/mol. The third-order valence-corrected chi connectivity index (χ3v) is 3.17. The van der Waals surface area contributed by atoms with Gasteiger partial charge in [-0.05, 0) is 43.0 Å². The molecule has 0 heterocycles. The summed E-state index contributed by atoms with van der Waals surface area (Å²) in [6.07, 6.45) is 2.19. The molecule has 1 aliphatic carbocycles. The van der Waals surface area contributed by atoms with Crippen LogP contribution in [-0.2, 0) is 11.3 Å². The first-order valence-corrected chi connectivity index (χ1v) is 6.45. The number of rotatable bonds is 6. The first kappa shape index (κ1) is 13.5. The van der Waals surface area contributed by atoms with Crippen molar-refractivity contribution >= 4 is 11.8 Å². The van der Waals surface area contributed by atoms with Crippen molar-refractivity contribution in [3.63, 3.8) is 0 Å². The zero-order valence-electron chi connectivity index (χ0n) is 11.0. The number of carbonyl (C=O) groups excluding carboxylic acids is 2. The Balaban J connectivity index is 1.81. The highest BCUT2D eigenvalue weighted by Crippen LogP contribution is 2.18. The molecule has 102 valence electrons. The molecule has 2 rings (SSSR count). The quantitative estimate of drug-likeness (QED) is 0.695. The van der Waals surface area contributed by atoms with Crippen LogP contribution in [0.3, 0.4) is 0 Å². The average Bonchev–Trinajstić information content (AvgIpc) is 3.14. The van der Waals surface area contributed by atoms with E-state index in [1.807, 2.05) is 13.0 Å². The number of hydrogen-bond donors (Lipinski definition) is 3. The molecule has 5 nitrogen and oxygen atoms in total. The van der Waals surface area contributed by atoms with Gasteiger partial charge in [0.05, 0.1) is 6.54 Å². The van der Waals surface area contributed by atoms with E-state index in [-0.39, 0.29) is 5.91 Å². The topological polar surface area (TPSA) is 84.2 Å². The molecule has 0 bridgehead atoms. The Morgan fingerprint density at radius 2 is 2.11 bits per heavy atom. The molecule has 4 N–H and O–H groups in total. The number of amides is 2. The van der Waals surface area contributed by atoms with Crippen molar-refractivity contribution in [3.05, 3.63) is 34.9 Å². The fourth-order valence-electron chi connectivity index (χ4n) is 1.86. The highest BCUT2D eigenvalue weighted by Gasteiger charge is 2.22. The van der Waals surface area contributed by atoms with E-state index < -0.39 is 5.91 Å². The monoisotopic (exact) mass is 261 g/mol. The van der Waals surface area contributed by atoms with Gasteiger partial charge in [-0.3, -0.25) is 9.59 Å². The number of hydrogen-bond acceptors (Lipinski definition) is 3. The van der Waals surface area contributed by atoms with Crippen LogP contribution in [0.1, 0.15) is 34.3 Å². The fourth-order valence-corrected chi connectivity index (χ4v) is 1.86. The first-order valence-electron chi connectivity index (χ1n) is 6.45. The van der Waals surface area contributed by atoms with Crippen LogP contribution in [-0.4, -0.2) is 24.4 Å². The van der Waals surface area contributed by atoms with Gasteiger partial charge in [0, 0.05) is 18.2 Å². The van der Waals surface area contributed by atoms with Crippen molar-refractivity contribution < 1.29 is 9.59 Å². The lowest BCUT2D eigenvalue weighted by Gasteiger charge is -2.09. The van der Waals surface area contributed by atoms with Crippen LogP contribution in [0, 0.1) is 6.92 Å². The van der Waals surface area contributed by atoms with Gasteiger partial charge in [-0.25, -0.2) is 0 Å². The number of carbonyl (C=O) groups is 2. The van der Waals surface area contributed by atoms with Crippen LogP contribution < -0.4 is 16.4 Å². The number of nitrogens with two attached hydrogens (primary N) is 1. The summed E-state index contributed by atoms with van der Waals surface area (Å²) in [7, 11) is 0. The maximum absolute atomic E-state index is 11.5. The zero-order valence-corrected chi connectivity index (χ0v) is 11.0. The van der Waals surface area contributed by atoms with Crippen LogP contribution in [0.4, 0.5) is 0 Å². The molecule has 1 aromatic rings. The Morgan fingerprint density at radius 1 is 1.37 bits per heavy atom. The standard InChI is InChI=1S/C14H19N3O2/c1-9-6-10(14(15)19)2-3-11(9)7-16-8-13(18)17-12-4-5-12/h2-3,6,12,16H,4-5,7-8H2,1H3,(H2,15,19)(H,17,18). The summed E-state index contributed by atoms with van der Waals surface area (Å²) in [5.41, 5.74) is 7.78. The molecule has 0 aliphatic heterocycles. The Kier molecular flexibility index (Phi) is 4.16. The Bertz CT molecular complexity index is 495. The second kappa shape index (κ2) is 5.84. The first-order chi connectivity index (χ1) is 9.06. The molecule has 1 fully saturated rings. The van der Waals surface area contributed by atoms with Gasteiger partial charge in [0.1, 0.15) is 0 Å². The van der Waals surface area contributed by atoms with Crippen LogP contribution in [0.15, 0.2) is 18.2 Å². The molecule has 0 aromatic heterocycles. The second-order valence-electron chi connectivity index (χ2n) is 4.95. The highest BCUT2D eigenvalue weighted by atomic mass is 16.2. The lowest BCUT2D eigenvalue weighted by Crippen LogP contribution is -2.34. The summed E-state index contributed by atoms with van der Waals surface area (Å²) in [5, 5.41) is 6.01. The van der Waals surface area contributed by atoms with Gasteiger partial charge in [-0.2, -0.15) is 0 Å². The van der Waals surface area contributed by atoms with Crippen molar-refractivity contribution in [1.29, 1.82) is 0 Å². The Labute approximate surface area is 112 Å². The molecule has 0 saturated heterocycles. The maximum atomic E-state index is 11.5. The highest BCUT2D eigenvalue weighted by molar-refractivity contribution is 5.93. The molecular formula is C14H19N3O2. The van der Waals surface area contributed by atoms with E-state index in [4.69, 9.17) is 5.73 Å². The van der Waals surface area contributed by atoms with Crippen LogP contribution in [0.2, 0.25) is 0 Å². The van der Waals surface area contributed by atoms with Gasteiger partial charge in [0.25, 0.3) is 0 Å². The zero-order chi connectivity index (χ0) is 13.8. The molecule has 0 spiro atoms. The summed E-state index contributed by atoms with van der Waals surface area (Å²) in [6, 6.07) is 5.73. The van der Waals surface area contributed by atoms with Gasteiger partial charge in [-0.1, -0.05) is 6.07 Å². The molecule has 1 aliphatic rings. The van der Waals surface area contributed by atoms with Crippen molar-refractivity contribution in [1.82, 2.24) is 10.6 Å². The van der Waals surface area contributed by atoms with E-state index in [0.717, 1.165) is 24.0 Å². The largest absolute Gasteiger partial charge is 0.366 e. The summed E-state index contributed by atoms with van der Waals surface area (Å²) < 4.78 is 0. The SMILES string of the molecule is Cc1cc(C(N)=O)ccc1CNCC(=O)NC1CC1. The maximum Gasteiger partial charge on any atom is 0.248 e. The third-order valence-electron chi connectivity index (χ3n) is 3.17. The van der Waals surface area contributed by atoms with Crippen molar-refractivity contribution in [2.45, 2.75) is 32.4 Å². The van der Waals surface area contributed by atoms with Crippen LogP contribution in [0.5, 0.6) is 0 Å². The average molecular weight is 261 g/mol. The van der Waals surface area contributed by atoms with Gasteiger partial charge in [-0.15, -0.1) is 0 Å². The molecule has 1 saturated carbocycles. The predicted octanol–water partition coefficient (Wildman–Crippen LogP) is 0.462.